The van der Waals surface area contributed by atoms with Crippen LogP contribution in [0.2, 0.25) is 0 Å². The van der Waals surface area contributed by atoms with Crippen LogP contribution in [0, 0.1) is 0 Å². The highest BCUT2D eigenvalue weighted by Crippen LogP contribution is 2.41. The molecule has 3 heteroatoms. The van der Waals surface area contributed by atoms with Crippen LogP contribution in [-0.2, 0) is 0 Å². The van der Waals surface area contributed by atoms with E-state index in [0.29, 0.717) is 0 Å². The number of anilines is 2. The van der Waals surface area contributed by atoms with Crippen molar-refractivity contribution in [1.82, 2.24) is 0 Å². The standard InChI is InChI=1S/C21H24N2O/c1-22(2)19-8-6-7-16-11-14-18(21(20(16)19)23(3)4)15-9-12-17(24-5)13-10-15/h6-14H,1-5H3. The molecule has 0 saturated carbocycles. The smallest absolute Gasteiger partial charge is 0.118 e. The van der Waals surface area contributed by atoms with Gasteiger partial charge in [0.15, 0.2) is 0 Å². The molecule has 0 aromatic heterocycles. The molecule has 0 aliphatic heterocycles. The van der Waals surface area contributed by atoms with E-state index in [4.69, 9.17) is 4.74 Å². The van der Waals surface area contributed by atoms with Gasteiger partial charge in [0.1, 0.15) is 5.75 Å². The van der Waals surface area contributed by atoms with Crippen molar-refractivity contribution < 1.29 is 4.74 Å². The monoisotopic (exact) mass is 320 g/mol. The van der Waals surface area contributed by atoms with Crippen LogP contribution in [0.3, 0.4) is 0 Å². The number of hydrogen-bond acceptors (Lipinski definition) is 3. The molecule has 0 unspecified atom stereocenters. The lowest BCUT2D eigenvalue weighted by Crippen LogP contribution is -2.14. The first-order valence-corrected chi connectivity index (χ1v) is 8.07. The molecule has 0 heterocycles. The normalized spacial score (nSPS) is 10.7. The van der Waals surface area contributed by atoms with Crippen LogP contribution in [0.5, 0.6) is 5.75 Å². The number of fused-ring (bicyclic) bond motifs is 1. The predicted octanol–water partition coefficient (Wildman–Crippen LogP) is 4.65. The molecular formula is C21H24N2O. The van der Waals surface area contributed by atoms with Gasteiger partial charge in [-0.15, -0.1) is 0 Å². The van der Waals surface area contributed by atoms with Gasteiger partial charge in [-0.1, -0.05) is 36.4 Å². The van der Waals surface area contributed by atoms with Gasteiger partial charge >= 0.3 is 0 Å². The van der Waals surface area contributed by atoms with Crippen LogP contribution >= 0.6 is 0 Å². The SMILES string of the molecule is COc1ccc(-c2ccc3cccc(N(C)C)c3c2N(C)C)cc1. The third-order valence-corrected chi connectivity index (χ3v) is 4.33. The van der Waals surface area contributed by atoms with E-state index in [2.05, 4.69) is 80.5 Å². The lowest BCUT2D eigenvalue weighted by molar-refractivity contribution is 0.415. The lowest BCUT2D eigenvalue weighted by Gasteiger charge is -2.24. The summed E-state index contributed by atoms with van der Waals surface area (Å²) in [5, 5.41) is 2.53. The van der Waals surface area contributed by atoms with E-state index < -0.39 is 0 Å². The third kappa shape index (κ3) is 2.78. The maximum Gasteiger partial charge on any atom is 0.118 e. The van der Waals surface area contributed by atoms with Gasteiger partial charge < -0.3 is 14.5 Å². The van der Waals surface area contributed by atoms with Crippen LogP contribution in [-0.4, -0.2) is 35.3 Å². The van der Waals surface area contributed by atoms with Gasteiger partial charge in [-0.05, 0) is 29.1 Å². The maximum atomic E-state index is 5.29. The van der Waals surface area contributed by atoms with Crippen LogP contribution in [0.1, 0.15) is 0 Å². The van der Waals surface area contributed by atoms with E-state index in [0.717, 1.165) is 5.75 Å². The fraction of sp³-hybridized carbons (Fsp3) is 0.238. The highest BCUT2D eigenvalue weighted by atomic mass is 16.5. The van der Waals surface area contributed by atoms with E-state index in [9.17, 15) is 0 Å². The lowest BCUT2D eigenvalue weighted by atomic mass is 9.96. The Bertz CT molecular complexity index is 852. The predicted molar refractivity (Wildman–Crippen MR) is 105 cm³/mol. The van der Waals surface area contributed by atoms with E-state index in [1.165, 1.54) is 33.3 Å². The Balaban J connectivity index is 2.31. The fourth-order valence-electron chi connectivity index (χ4n) is 3.18. The van der Waals surface area contributed by atoms with E-state index in [1.807, 2.05) is 12.1 Å². The Morgan fingerprint density at radius 1 is 0.750 bits per heavy atom. The molecule has 0 radical (unpaired) electrons. The second-order valence-corrected chi connectivity index (χ2v) is 6.35. The molecule has 3 aromatic carbocycles. The maximum absolute atomic E-state index is 5.29. The van der Waals surface area contributed by atoms with Crippen molar-refractivity contribution in [2.45, 2.75) is 0 Å². The minimum Gasteiger partial charge on any atom is -0.497 e. The second kappa shape index (κ2) is 6.44. The first-order chi connectivity index (χ1) is 11.5. The van der Waals surface area contributed by atoms with Gasteiger partial charge in [0.05, 0.1) is 12.8 Å². The quantitative estimate of drug-likeness (QED) is 0.696. The van der Waals surface area contributed by atoms with Crippen LogP contribution in [0.15, 0.2) is 54.6 Å². The summed E-state index contributed by atoms with van der Waals surface area (Å²) in [6.07, 6.45) is 0. The van der Waals surface area contributed by atoms with Gasteiger partial charge in [0.2, 0.25) is 0 Å². The molecule has 3 aromatic rings. The molecule has 0 atom stereocenters. The van der Waals surface area contributed by atoms with Crippen molar-refractivity contribution >= 4 is 22.1 Å². The first-order valence-electron chi connectivity index (χ1n) is 8.07. The largest absolute Gasteiger partial charge is 0.497 e. The summed E-state index contributed by atoms with van der Waals surface area (Å²) in [6.45, 7) is 0. The summed E-state index contributed by atoms with van der Waals surface area (Å²) in [7, 11) is 10.1. The molecule has 0 spiro atoms. The number of nitrogens with zero attached hydrogens (tertiary/aromatic N) is 2. The van der Waals surface area contributed by atoms with Crippen molar-refractivity contribution in [2.24, 2.45) is 0 Å². The van der Waals surface area contributed by atoms with Crippen molar-refractivity contribution in [3.8, 4) is 16.9 Å². The zero-order chi connectivity index (χ0) is 17.3. The van der Waals surface area contributed by atoms with Gasteiger partial charge in [-0.25, -0.2) is 0 Å². The molecule has 3 rings (SSSR count). The second-order valence-electron chi connectivity index (χ2n) is 6.35. The topological polar surface area (TPSA) is 15.7 Å². The average Bonchev–Trinajstić information content (AvgIpc) is 2.60. The van der Waals surface area contributed by atoms with Gasteiger partial charge in [0.25, 0.3) is 0 Å². The van der Waals surface area contributed by atoms with Gasteiger partial charge in [-0.2, -0.15) is 0 Å². The Hall–Kier alpha value is -2.68. The van der Waals surface area contributed by atoms with Gasteiger partial charge in [-0.3, -0.25) is 0 Å². The number of rotatable bonds is 4. The number of benzene rings is 3. The van der Waals surface area contributed by atoms with Crippen molar-refractivity contribution in [3.63, 3.8) is 0 Å². The summed E-state index contributed by atoms with van der Waals surface area (Å²) in [5.74, 6) is 0.875. The molecule has 3 nitrogen and oxygen atoms in total. The van der Waals surface area contributed by atoms with Crippen molar-refractivity contribution in [3.05, 3.63) is 54.6 Å². The molecule has 0 saturated heterocycles. The third-order valence-electron chi connectivity index (χ3n) is 4.33. The molecule has 0 bridgehead atoms. The Kier molecular flexibility index (Phi) is 4.34. The van der Waals surface area contributed by atoms with Crippen LogP contribution in [0.4, 0.5) is 11.4 Å². The van der Waals surface area contributed by atoms with Crippen LogP contribution < -0.4 is 14.5 Å². The zero-order valence-corrected chi connectivity index (χ0v) is 15.0. The first kappa shape index (κ1) is 16.2. The fourth-order valence-corrected chi connectivity index (χ4v) is 3.18. The van der Waals surface area contributed by atoms with E-state index in [-0.39, 0.29) is 0 Å². The number of methoxy groups -OCH3 is 1. The van der Waals surface area contributed by atoms with E-state index >= 15 is 0 Å². The minimum absolute atomic E-state index is 0.875. The Morgan fingerprint density at radius 3 is 2.04 bits per heavy atom. The molecule has 24 heavy (non-hydrogen) atoms. The molecular weight excluding hydrogens is 296 g/mol. The summed E-state index contributed by atoms with van der Waals surface area (Å²) < 4.78 is 5.29. The highest BCUT2D eigenvalue weighted by molar-refractivity contribution is 6.08. The zero-order valence-electron chi connectivity index (χ0n) is 15.0. The minimum atomic E-state index is 0.875. The molecule has 124 valence electrons. The highest BCUT2D eigenvalue weighted by Gasteiger charge is 2.15. The summed E-state index contributed by atoms with van der Waals surface area (Å²) in [5.41, 5.74) is 4.88. The molecule has 0 N–H and O–H groups in total. The van der Waals surface area contributed by atoms with Gasteiger partial charge in [0, 0.05) is 44.8 Å². The Labute approximate surface area is 144 Å². The van der Waals surface area contributed by atoms with Crippen molar-refractivity contribution in [2.75, 3.05) is 45.1 Å². The summed E-state index contributed by atoms with van der Waals surface area (Å²) >= 11 is 0. The summed E-state index contributed by atoms with van der Waals surface area (Å²) in [4.78, 5) is 4.38. The average molecular weight is 320 g/mol. The summed E-state index contributed by atoms with van der Waals surface area (Å²) in [6, 6.07) is 19.1. The Morgan fingerprint density at radius 2 is 1.46 bits per heavy atom. The molecule has 0 aliphatic rings. The molecule has 0 aliphatic carbocycles. The van der Waals surface area contributed by atoms with Crippen LogP contribution in [0.25, 0.3) is 21.9 Å². The van der Waals surface area contributed by atoms with E-state index in [1.54, 1.807) is 7.11 Å². The molecule has 0 amide bonds. The molecule has 0 fully saturated rings. The number of ether oxygens (including phenoxy) is 1. The number of hydrogen-bond donors (Lipinski definition) is 0. The van der Waals surface area contributed by atoms with Crippen molar-refractivity contribution in [1.29, 1.82) is 0 Å².